The van der Waals surface area contributed by atoms with Gasteiger partial charge in [0.05, 0.1) is 28.2 Å². The molecule has 0 aliphatic rings. The normalized spacial score (nSPS) is 11.4. The van der Waals surface area contributed by atoms with Crippen molar-refractivity contribution in [1.29, 1.82) is 0 Å². The average Bonchev–Trinajstić information content (AvgIpc) is 3.07. The van der Waals surface area contributed by atoms with Crippen molar-refractivity contribution in [1.82, 2.24) is 9.78 Å². The fourth-order valence-electron chi connectivity index (χ4n) is 3.56. The van der Waals surface area contributed by atoms with E-state index >= 15 is 0 Å². The fraction of sp³-hybridized carbons (Fsp3) is 0.280. The highest BCUT2D eigenvalue weighted by Gasteiger charge is 2.31. The molecule has 3 rings (SSSR count). The van der Waals surface area contributed by atoms with Crippen molar-refractivity contribution in [2.24, 2.45) is 5.92 Å². The summed E-state index contributed by atoms with van der Waals surface area (Å²) >= 11 is 0. The highest BCUT2D eigenvalue weighted by atomic mass is 19.4. The van der Waals surface area contributed by atoms with Crippen molar-refractivity contribution in [3.63, 3.8) is 0 Å². The molecule has 1 aromatic heterocycles. The van der Waals surface area contributed by atoms with Gasteiger partial charge in [-0.1, -0.05) is 19.9 Å². The monoisotopic (exact) mass is 486 g/mol. The summed E-state index contributed by atoms with van der Waals surface area (Å²) < 4.78 is 40.5. The number of halogens is 3. The number of anilines is 2. The van der Waals surface area contributed by atoms with Crippen molar-refractivity contribution < 1.29 is 27.6 Å². The Hall–Kier alpha value is -3.95. The van der Waals surface area contributed by atoms with Gasteiger partial charge in [0, 0.05) is 17.8 Å². The maximum absolute atomic E-state index is 13.1. The Kier molecular flexibility index (Phi) is 7.42. The lowest BCUT2D eigenvalue weighted by molar-refractivity contribution is -0.137. The summed E-state index contributed by atoms with van der Waals surface area (Å²) in [7, 11) is 0. The Bertz CT molecular complexity index is 1260. The number of hydrogen-bond acceptors (Lipinski definition) is 4. The maximum Gasteiger partial charge on any atom is 0.416 e. The number of ketones is 1. The highest BCUT2D eigenvalue weighted by Crippen LogP contribution is 2.31. The van der Waals surface area contributed by atoms with Crippen molar-refractivity contribution in [3.05, 3.63) is 71.0 Å². The molecule has 7 nitrogen and oxygen atoms in total. The SMILES string of the molecule is Cc1nn(-c2cccc(C(F)(F)F)c2)c(C)c1C(=O)C(=O)Nc1ccc(NC(=O)CC(C)C)cc1. The maximum atomic E-state index is 13.1. The van der Waals surface area contributed by atoms with Gasteiger partial charge in [-0.05, 0) is 62.2 Å². The summed E-state index contributed by atoms with van der Waals surface area (Å²) in [5.41, 5.74) is 0.623. The van der Waals surface area contributed by atoms with E-state index in [1.54, 1.807) is 24.3 Å². The lowest BCUT2D eigenvalue weighted by atomic mass is 10.1. The second-order valence-electron chi connectivity index (χ2n) is 8.51. The van der Waals surface area contributed by atoms with Crippen LogP contribution in [0.4, 0.5) is 24.5 Å². The van der Waals surface area contributed by atoms with Crippen molar-refractivity contribution in [2.45, 2.75) is 40.3 Å². The number of nitrogens with zero attached hydrogens (tertiary/aromatic N) is 2. The van der Waals surface area contributed by atoms with Gasteiger partial charge in [0.2, 0.25) is 5.91 Å². The van der Waals surface area contributed by atoms with Crippen LogP contribution in [0.1, 0.15) is 47.6 Å². The zero-order chi connectivity index (χ0) is 25.9. The van der Waals surface area contributed by atoms with Gasteiger partial charge < -0.3 is 10.6 Å². The first-order valence-electron chi connectivity index (χ1n) is 10.9. The molecule has 0 bridgehead atoms. The number of Topliss-reactive ketones (excluding diaryl/α,β-unsaturated/α-hetero) is 1. The van der Waals surface area contributed by atoms with Crippen molar-refractivity contribution in [3.8, 4) is 5.69 Å². The summed E-state index contributed by atoms with van der Waals surface area (Å²) in [6, 6.07) is 10.8. The summed E-state index contributed by atoms with van der Waals surface area (Å²) in [4.78, 5) is 37.4. The molecule has 2 amide bonds. The van der Waals surface area contributed by atoms with Gasteiger partial charge in [-0.15, -0.1) is 0 Å². The average molecular weight is 486 g/mol. The quantitative estimate of drug-likeness (QED) is 0.350. The molecular formula is C25H25F3N4O3. The second kappa shape index (κ2) is 10.1. The number of alkyl halides is 3. The fourth-order valence-corrected chi connectivity index (χ4v) is 3.56. The predicted octanol–water partition coefficient (Wildman–Crippen LogP) is 5.31. The molecule has 0 saturated carbocycles. The third kappa shape index (κ3) is 6.14. The number of aryl methyl sites for hydroxylation is 1. The molecule has 35 heavy (non-hydrogen) atoms. The Morgan fingerprint density at radius 1 is 0.971 bits per heavy atom. The van der Waals surface area contributed by atoms with Crippen molar-refractivity contribution >= 4 is 29.0 Å². The second-order valence-corrected chi connectivity index (χ2v) is 8.51. The van der Waals surface area contributed by atoms with E-state index in [0.29, 0.717) is 17.8 Å². The molecule has 0 aliphatic carbocycles. The van der Waals surface area contributed by atoms with E-state index < -0.39 is 23.4 Å². The number of carbonyl (C=O) groups excluding carboxylic acids is 3. The highest BCUT2D eigenvalue weighted by molar-refractivity contribution is 6.47. The zero-order valence-corrected chi connectivity index (χ0v) is 19.7. The number of nitrogens with one attached hydrogen (secondary N) is 2. The van der Waals surface area contributed by atoms with E-state index in [0.717, 1.165) is 12.1 Å². The van der Waals surface area contributed by atoms with Gasteiger partial charge in [-0.25, -0.2) is 4.68 Å². The van der Waals surface area contributed by atoms with E-state index in [4.69, 9.17) is 0 Å². The predicted molar refractivity (Wildman–Crippen MR) is 126 cm³/mol. The van der Waals surface area contributed by atoms with Crippen LogP contribution < -0.4 is 10.6 Å². The standard InChI is InChI=1S/C25H25F3N4O3/c1-14(2)12-21(33)29-18-8-10-19(11-9-18)30-24(35)23(34)22-15(3)31-32(16(22)4)20-7-5-6-17(13-20)25(26,27)28/h5-11,13-14H,12H2,1-4H3,(H,29,33)(H,30,35). The van der Waals surface area contributed by atoms with Crippen LogP contribution in [0.15, 0.2) is 48.5 Å². The molecule has 184 valence electrons. The smallest absolute Gasteiger partial charge is 0.326 e. The first-order chi connectivity index (χ1) is 16.4. The molecule has 3 aromatic rings. The Labute approximate surface area is 200 Å². The molecular weight excluding hydrogens is 461 g/mol. The van der Waals surface area contributed by atoms with Crippen LogP contribution in [0.25, 0.3) is 5.69 Å². The summed E-state index contributed by atoms with van der Waals surface area (Å²) in [6.45, 7) is 6.88. The third-order valence-electron chi connectivity index (χ3n) is 5.16. The van der Waals surface area contributed by atoms with Crippen LogP contribution in [0.3, 0.4) is 0 Å². The molecule has 0 aliphatic heterocycles. The third-order valence-corrected chi connectivity index (χ3v) is 5.16. The largest absolute Gasteiger partial charge is 0.416 e. The van der Waals surface area contributed by atoms with Gasteiger partial charge in [0.15, 0.2) is 0 Å². The number of amides is 2. The van der Waals surface area contributed by atoms with E-state index in [2.05, 4.69) is 15.7 Å². The Balaban J connectivity index is 1.76. The Morgan fingerprint density at radius 3 is 2.14 bits per heavy atom. The zero-order valence-electron chi connectivity index (χ0n) is 19.7. The lowest BCUT2D eigenvalue weighted by Gasteiger charge is -2.10. The minimum atomic E-state index is -4.53. The van der Waals surface area contributed by atoms with Gasteiger partial charge in [0.25, 0.3) is 11.7 Å². The molecule has 0 unspecified atom stereocenters. The minimum Gasteiger partial charge on any atom is -0.326 e. The van der Waals surface area contributed by atoms with Gasteiger partial charge in [-0.2, -0.15) is 18.3 Å². The van der Waals surface area contributed by atoms with Crippen LogP contribution in [-0.4, -0.2) is 27.4 Å². The summed E-state index contributed by atoms with van der Waals surface area (Å²) in [5.74, 6) is -1.70. The molecule has 10 heteroatoms. The lowest BCUT2D eigenvalue weighted by Crippen LogP contribution is -2.24. The van der Waals surface area contributed by atoms with E-state index in [-0.39, 0.29) is 34.5 Å². The van der Waals surface area contributed by atoms with E-state index in [1.165, 1.54) is 30.7 Å². The van der Waals surface area contributed by atoms with Gasteiger partial charge >= 0.3 is 6.18 Å². The van der Waals surface area contributed by atoms with Crippen LogP contribution >= 0.6 is 0 Å². The molecule has 1 heterocycles. The summed E-state index contributed by atoms with van der Waals surface area (Å²) in [5, 5.41) is 9.43. The van der Waals surface area contributed by atoms with Crippen LogP contribution in [0, 0.1) is 19.8 Å². The summed E-state index contributed by atoms with van der Waals surface area (Å²) in [6.07, 6.45) is -4.16. The minimum absolute atomic E-state index is 0.0116. The first-order valence-corrected chi connectivity index (χ1v) is 10.9. The molecule has 0 saturated heterocycles. The van der Waals surface area contributed by atoms with E-state index in [9.17, 15) is 27.6 Å². The molecule has 0 atom stereocenters. The topological polar surface area (TPSA) is 93.1 Å². The number of aromatic nitrogens is 2. The van der Waals surface area contributed by atoms with Crippen LogP contribution in [0.2, 0.25) is 0 Å². The van der Waals surface area contributed by atoms with Gasteiger partial charge in [-0.3, -0.25) is 14.4 Å². The van der Waals surface area contributed by atoms with Crippen LogP contribution in [-0.2, 0) is 15.8 Å². The molecule has 2 aromatic carbocycles. The number of hydrogen-bond donors (Lipinski definition) is 2. The van der Waals surface area contributed by atoms with Crippen molar-refractivity contribution in [2.75, 3.05) is 10.6 Å². The molecule has 0 radical (unpaired) electrons. The van der Waals surface area contributed by atoms with Gasteiger partial charge in [0.1, 0.15) is 0 Å². The van der Waals surface area contributed by atoms with E-state index in [1.807, 2.05) is 13.8 Å². The first kappa shape index (κ1) is 25.7. The number of benzene rings is 2. The number of carbonyl (C=O) groups is 3. The molecule has 2 N–H and O–H groups in total. The molecule has 0 spiro atoms. The Morgan fingerprint density at radius 2 is 1.57 bits per heavy atom. The number of rotatable bonds is 7. The van der Waals surface area contributed by atoms with Crippen LogP contribution in [0.5, 0.6) is 0 Å². The molecule has 0 fully saturated rings.